The molecule has 2 aromatic rings. The number of imidazole rings is 1. The number of rotatable bonds is 3. The summed E-state index contributed by atoms with van der Waals surface area (Å²) in [7, 11) is 1.51. The van der Waals surface area contributed by atoms with Gasteiger partial charge in [-0.15, -0.1) is 0 Å². The SMILES string of the molecule is CC(C)Cn1c(=O)n(C)c(=O)c2[nH]c(C3CCCN3)nc21. The van der Waals surface area contributed by atoms with Gasteiger partial charge in [0.25, 0.3) is 5.56 Å². The maximum absolute atomic E-state index is 12.3. The Morgan fingerprint density at radius 3 is 2.76 bits per heavy atom. The van der Waals surface area contributed by atoms with Gasteiger partial charge in [-0.1, -0.05) is 13.8 Å². The van der Waals surface area contributed by atoms with Crippen LogP contribution in [0.4, 0.5) is 0 Å². The summed E-state index contributed by atoms with van der Waals surface area (Å²) in [6, 6.07) is 0.143. The van der Waals surface area contributed by atoms with Gasteiger partial charge >= 0.3 is 5.69 Å². The molecule has 7 nitrogen and oxygen atoms in total. The molecule has 0 spiro atoms. The second-order valence-corrected chi connectivity index (χ2v) is 6.12. The van der Waals surface area contributed by atoms with E-state index in [1.54, 1.807) is 4.57 Å². The molecular formula is C14H21N5O2. The molecule has 3 heterocycles. The highest BCUT2D eigenvalue weighted by molar-refractivity contribution is 5.70. The number of H-pyrrole nitrogens is 1. The molecule has 1 unspecified atom stereocenters. The van der Waals surface area contributed by atoms with E-state index in [0.717, 1.165) is 29.8 Å². The van der Waals surface area contributed by atoms with Gasteiger partial charge in [0.05, 0.1) is 6.04 Å². The van der Waals surface area contributed by atoms with Gasteiger partial charge in [-0.3, -0.25) is 13.9 Å². The van der Waals surface area contributed by atoms with E-state index in [9.17, 15) is 9.59 Å². The van der Waals surface area contributed by atoms with Crippen LogP contribution in [0.25, 0.3) is 11.2 Å². The first-order chi connectivity index (χ1) is 9.99. The Morgan fingerprint density at radius 1 is 1.38 bits per heavy atom. The molecule has 0 aromatic carbocycles. The average molecular weight is 291 g/mol. The minimum absolute atomic E-state index is 0.143. The fourth-order valence-corrected chi connectivity index (χ4v) is 2.87. The third kappa shape index (κ3) is 2.31. The minimum atomic E-state index is -0.313. The quantitative estimate of drug-likeness (QED) is 0.862. The molecule has 1 saturated heterocycles. The summed E-state index contributed by atoms with van der Waals surface area (Å²) in [5.74, 6) is 1.05. The molecule has 1 fully saturated rings. The lowest BCUT2D eigenvalue weighted by Crippen LogP contribution is -2.38. The largest absolute Gasteiger partial charge is 0.335 e. The van der Waals surface area contributed by atoms with Crippen LogP contribution in [0.1, 0.15) is 38.6 Å². The van der Waals surface area contributed by atoms with Crippen LogP contribution in [0.3, 0.4) is 0 Å². The second-order valence-electron chi connectivity index (χ2n) is 6.12. The molecule has 7 heteroatoms. The molecule has 2 N–H and O–H groups in total. The Labute approximate surface area is 122 Å². The molecule has 0 saturated carbocycles. The topological polar surface area (TPSA) is 84.7 Å². The summed E-state index contributed by atoms with van der Waals surface area (Å²) in [5.41, 5.74) is 0.271. The van der Waals surface area contributed by atoms with Crippen LogP contribution in [0.2, 0.25) is 0 Å². The summed E-state index contributed by atoms with van der Waals surface area (Å²) in [6.07, 6.45) is 2.09. The highest BCUT2D eigenvalue weighted by Crippen LogP contribution is 2.21. The van der Waals surface area contributed by atoms with E-state index in [0.29, 0.717) is 23.6 Å². The molecule has 0 radical (unpaired) electrons. The van der Waals surface area contributed by atoms with Crippen molar-refractivity contribution in [2.45, 2.75) is 39.3 Å². The fraction of sp³-hybridized carbons (Fsp3) is 0.643. The van der Waals surface area contributed by atoms with Crippen LogP contribution in [0, 0.1) is 5.92 Å². The number of aromatic nitrogens is 4. The van der Waals surface area contributed by atoms with Crippen LogP contribution in [-0.2, 0) is 13.6 Å². The normalized spacial score (nSPS) is 19.0. The molecule has 1 atom stereocenters. The van der Waals surface area contributed by atoms with Crippen molar-refractivity contribution in [3.05, 3.63) is 26.7 Å². The lowest BCUT2D eigenvalue weighted by molar-refractivity contribution is 0.499. The van der Waals surface area contributed by atoms with E-state index in [4.69, 9.17) is 0 Å². The Kier molecular flexibility index (Phi) is 3.44. The van der Waals surface area contributed by atoms with Crippen molar-refractivity contribution in [1.29, 1.82) is 0 Å². The van der Waals surface area contributed by atoms with Crippen molar-refractivity contribution in [2.24, 2.45) is 13.0 Å². The van der Waals surface area contributed by atoms with Crippen molar-refractivity contribution in [3.8, 4) is 0 Å². The van der Waals surface area contributed by atoms with Gasteiger partial charge in [0, 0.05) is 13.6 Å². The monoisotopic (exact) mass is 291 g/mol. The number of nitrogens with one attached hydrogen (secondary N) is 2. The van der Waals surface area contributed by atoms with Crippen molar-refractivity contribution in [1.82, 2.24) is 24.4 Å². The van der Waals surface area contributed by atoms with Gasteiger partial charge in [0.2, 0.25) is 0 Å². The third-order valence-corrected chi connectivity index (χ3v) is 3.93. The Bertz CT molecular complexity index is 777. The second kappa shape index (κ2) is 5.14. The molecule has 1 aliphatic rings. The molecule has 21 heavy (non-hydrogen) atoms. The van der Waals surface area contributed by atoms with Crippen molar-refractivity contribution >= 4 is 11.2 Å². The summed E-state index contributed by atoms with van der Waals surface area (Å²) < 4.78 is 2.74. The number of hydrogen-bond acceptors (Lipinski definition) is 4. The molecule has 0 amide bonds. The van der Waals surface area contributed by atoms with Crippen LogP contribution >= 0.6 is 0 Å². The molecule has 0 aliphatic carbocycles. The molecule has 0 bridgehead atoms. The highest BCUT2D eigenvalue weighted by Gasteiger charge is 2.22. The van der Waals surface area contributed by atoms with E-state index < -0.39 is 0 Å². The third-order valence-electron chi connectivity index (χ3n) is 3.93. The van der Waals surface area contributed by atoms with Crippen LogP contribution < -0.4 is 16.6 Å². The first-order valence-corrected chi connectivity index (χ1v) is 7.42. The van der Waals surface area contributed by atoms with E-state index >= 15 is 0 Å². The van der Waals surface area contributed by atoms with Crippen LogP contribution in [0.5, 0.6) is 0 Å². The highest BCUT2D eigenvalue weighted by atomic mass is 16.2. The van der Waals surface area contributed by atoms with Crippen LogP contribution in [-0.4, -0.2) is 25.6 Å². The predicted octanol–water partition coefficient (Wildman–Crippen LogP) is 0.504. The van der Waals surface area contributed by atoms with Crippen LogP contribution in [0.15, 0.2) is 9.59 Å². The molecule has 2 aromatic heterocycles. The van der Waals surface area contributed by atoms with Crippen molar-refractivity contribution in [2.75, 3.05) is 6.54 Å². The predicted molar refractivity (Wildman–Crippen MR) is 80.4 cm³/mol. The first kappa shape index (κ1) is 14.1. The summed E-state index contributed by atoms with van der Waals surface area (Å²) in [4.78, 5) is 32.3. The lowest BCUT2D eigenvalue weighted by Gasteiger charge is -2.10. The van der Waals surface area contributed by atoms with Gasteiger partial charge in [-0.2, -0.15) is 0 Å². The van der Waals surface area contributed by atoms with Crippen molar-refractivity contribution < 1.29 is 0 Å². The van der Waals surface area contributed by atoms with E-state index in [-0.39, 0.29) is 17.3 Å². The Morgan fingerprint density at radius 2 is 2.14 bits per heavy atom. The number of hydrogen-bond donors (Lipinski definition) is 2. The Balaban J connectivity index is 2.24. The Hall–Kier alpha value is -1.89. The van der Waals surface area contributed by atoms with E-state index in [2.05, 4.69) is 15.3 Å². The first-order valence-electron chi connectivity index (χ1n) is 7.42. The lowest BCUT2D eigenvalue weighted by atomic mass is 10.2. The zero-order chi connectivity index (χ0) is 15.1. The maximum Gasteiger partial charge on any atom is 0.332 e. The molecule has 114 valence electrons. The van der Waals surface area contributed by atoms with E-state index in [1.165, 1.54) is 7.05 Å². The van der Waals surface area contributed by atoms with Gasteiger partial charge in [-0.25, -0.2) is 9.78 Å². The maximum atomic E-state index is 12.3. The number of aromatic amines is 1. The standard InChI is InChI=1S/C14H21N5O2/c1-8(2)7-19-12-10(13(20)18(3)14(19)21)16-11(17-12)9-5-4-6-15-9/h8-9,15H,4-7H2,1-3H3,(H,16,17). The van der Waals surface area contributed by atoms with Crippen molar-refractivity contribution in [3.63, 3.8) is 0 Å². The van der Waals surface area contributed by atoms with Gasteiger partial charge in [-0.05, 0) is 25.3 Å². The molecular weight excluding hydrogens is 270 g/mol. The minimum Gasteiger partial charge on any atom is -0.335 e. The summed E-state index contributed by atoms with van der Waals surface area (Å²) in [6.45, 7) is 5.58. The molecule has 1 aliphatic heterocycles. The van der Waals surface area contributed by atoms with E-state index in [1.807, 2.05) is 13.8 Å². The molecule has 3 rings (SSSR count). The van der Waals surface area contributed by atoms with Gasteiger partial charge in [0.1, 0.15) is 11.3 Å². The zero-order valence-corrected chi connectivity index (χ0v) is 12.6. The number of nitrogens with zero attached hydrogens (tertiary/aromatic N) is 3. The average Bonchev–Trinajstić information content (AvgIpc) is 3.09. The zero-order valence-electron chi connectivity index (χ0n) is 12.6. The van der Waals surface area contributed by atoms with Gasteiger partial charge in [0.15, 0.2) is 5.65 Å². The number of fused-ring (bicyclic) bond motifs is 1. The summed E-state index contributed by atoms with van der Waals surface area (Å²) in [5, 5.41) is 3.35. The van der Waals surface area contributed by atoms with Gasteiger partial charge < -0.3 is 10.3 Å². The summed E-state index contributed by atoms with van der Waals surface area (Å²) >= 11 is 0. The fourth-order valence-electron chi connectivity index (χ4n) is 2.87. The smallest absolute Gasteiger partial charge is 0.332 e.